The Morgan fingerprint density at radius 1 is 1.12 bits per heavy atom. The van der Waals surface area contributed by atoms with Crippen LogP contribution in [0.3, 0.4) is 0 Å². The normalized spacial score (nSPS) is 12.9. The molecule has 0 atom stereocenters. The smallest absolute Gasteiger partial charge is 0.247 e. The lowest BCUT2D eigenvalue weighted by Gasteiger charge is -2.26. The minimum absolute atomic E-state index is 0.300. The van der Waals surface area contributed by atoms with Crippen molar-refractivity contribution in [3.05, 3.63) is 66.6 Å². The Kier molecular flexibility index (Phi) is 7.70. The second-order valence-electron chi connectivity index (χ2n) is 10.4. The number of hydrogen-bond acceptors (Lipinski definition) is 8. The number of aryl methyl sites for hydroxylation is 1. The highest BCUT2D eigenvalue weighted by molar-refractivity contribution is 6.02. The Bertz CT molecular complexity index is 1560. The number of anilines is 4. The molecule has 1 fully saturated rings. The molecule has 0 saturated heterocycles. The molecule has 0 radical (unpaired) electrons. The first kappa shape index (κ1) is 27.1. The van der Waals surface area contributed by atoms with E-state index in [1.807, 2.05) is 39.3 Å². The maximum absolute atomic E-state index is 12.3. The molecule has 0 unspecified atom stereocenters. The first-order valence-electron chi connectivity index (χ1n) is 13.4. The average molecular weight is 541 g/mol. The summed E-state index contributed by atoms with van der Waals surface area (Å²) >= 11 is 0. The van der Waals surface area contributed by atoms with Crippen LogP contribution in [0.15, 0.2) is 55.3 Å². The second kappa shape index (κ2) is 11.4. The number of nitrogens with one attached hydrogen (secondary N) is 2. The number of fused-ring (bicyclic) bond motifs is 1. The van der Waals surface area contributed by atoms with Gasteiger partial charge in [-0.25, -0.2) is 9.97 Å². The van der Waals surface area contributed by atoms with E-state index in [9.17, 15) is 4.79 Å². The fourth-order valence-electron chi connectivity index (χ4n) is 4.62. The summed E-state index contributed by atoms with van der Waals surface area (Å²) in [5.41, 5.74) is 5.22. The van der Waals surface area contributed by atoms with E-state index in [1.165, 1.54) is 6.08 Å². The van der Waals surface area contributed by atoms with Crippen molar-refractivity contribution in [3.8, 4) is 11.6 Å². The maximum atomic E-state index is 12.3. The van der Waals surface area contributed by atoms with E-state index in [2.05, 4.69) is 61.7 Å². The number of rotatable bonds is 11. The SMILES string of the molecule is C=CC(=O)Nc1cc(Nc2nccc(-n3c(C4CC4)nc4ccc(C)cc43)n2)c(OC)cc1N(C)CCN(C)C. The van der Waals surface area contributed by atoms with Crippen LogP contribution >= 0.6 is 0 Å². The number of benzene rings is 2. The van der Waals surface area contributed by atoms with Gasteiger partial charge in [-0.3, -0.25) is 9.36 Å². The molecule has 1 saturated carbocycles. The van der Waals surface area contributed by atoms with Gasteiger partial charge in [0.2, 0.25) is 11.9 Å². The summed E-state index contributed by atoms with van der Waals surface area (Å²) in [6, 6.07) is 11.9. The van der Waals surface area contributed by atoms with E-state index < -0.39 is 0 Å². The van der Waals surface area contributed by atoms with Crippen LogP contribution in [0.25, 0.3) is 16.9 Å². The second-order valence-corrected chi connectivity index (χ2v) is 10.4. The Morgan fingerprint density at radius 2 is 1.93 bits per heavy atom. The van der Waals surface area contributed by atoms with Crippen molar-refractivity contribution >= 4 is 40.0 Å². The van der Waals surface area contributed by atoms with Gasteiger partial charge < -0.3 is 25.2 Å². The van der Waals surface area contributed by atoms with E-state index in [-0.39, 0.29) is 5.91 Å². The van der Waals surface area contributed by atoms with Crippen LogP contribution in [-0.2, 0) is 4.79 Å². The Labute approximate surface area is 234 Å². The van der Waals surface area contributed by atoms with Gasteiger partial charge in [-0.1, -0.05) is 12.6 Å². The number of carbonyl (C=O) groups is 1. The zero-order chi connectivity index (χ0) is 28.4. The van der Waals surface area contributed by atoms with E-state index in [4.69, 9.17) is 14.7 Å². The third-order valence-corrected chi connectivity index (χ3v) is 6.95. The van der Waals surface area contributed by atoms with Crippen molar-refractivity contribution in [1.82, 2.24) is 24.4 Å². The molecule has 0 aliphatic heterocycles. The van der Waals surface area contributed by atoms with Gasteiger partial charge in [0.25, 0.3) is 0 Å². The first-order valence-corrected chi connectivity index (χ1v) is 13.4. The van der Waals surface area contributed by atoms with Gasteiger partial charge in [0.15, 0.2) is 0 Å². The number of hydrogen-bond donors (Lipinski definition) is 2. The highest BCUT2D eigenvalue weighted by Gasteiger charge is 2.30. The van der Waals surface area contributed by atoms with Crippen molar-refractivity contribution in [3.63, 3.8) is 0 Å². The molecular weight excluding hydrogens is 504 g/mol. The predicted octanol–water partition coefficient (Wildman–Crippen LogP) is 4.88. The number of likely N-dealkylation sites (N-methyl/N-ethyl adjacent to an activating group) is 2. The van der Waals surface area contributed by atoms with Gasteiger partial charge in [0.1, 0.15) is 17.4 Å². The van der Waals surface area contributed by atoms with Crippen LogP contribution in [0.1, 0.15) is 30.1 Å². The van der Waals surface area contributed by atoms with E-state index in [0.717, 1.165) is 59.9 Å². The number of amides is 1. The standard InChI is InChI=1S/C30H36N8O2/c1-7-28(39)32-22-17-23(26(40-6)18-24(22)37(5)15-14-36(3)4)34-30-31-13-12-27(35-30)38-25-16-19(2)8-11-21(25)33-29(38)20-9-10-20/h7-8,11-13,16-18,20H,1,9-10,14-15H2,2-6H3,(H,32,39)(H,31,34,35). The van der Waals surface area contributed by atoms with Crippen LogP contribution in [-0.4, -0.2) is 71.7 Å². The molecule has 10 nitrogen and oxygen atoms in total. The zero-order valence-electron chi connectivity index (χ0n) is 23.7. The Hall–Kier alpha value is -4.44. The number of aromatic nitrogens is 4. The number of imidazole rings is 1. The van der Waals surface area contributed by atoms with E-state index in [0.29, 0.717) is 29.0 Å². The van der Waals surface area contributed by atoms with Crippen LogP contribution in [0.2, 0.25) is 0 Å². The third kappa shape index (κ3) is 5.76. The molecule has 10 heteroatoms. The molecule has 208 valence electrons. The molecule has 5 rings (SSSR count). The zero-order valence-corrected chi connectivity index (χ0v) is 23.7. The molecule has 1 aliphatic rings. The lowest BCUT2D eigenvalue weighted by Crippen LogP contribution is -2.29. The number of carbonyl (C=O) groups excluding carboxylic acids is 1. The van der Waals surface area contributed by atoms with Crippen LogP contribution in [0, 0.1) is 6.92 Å². The van der Waals surface area contributed by atoms with Gasteiger partial charge in [0.05, 0.1) is 35.2 Å². The summed E-state index contributed by atoms with van der Waals surface area (Å²) in [7, 11) is 7.65. The van der Waals surface area contributed by atoms with Crippen LogP contribution in [0.5, 0.6) is 5.75 Å². The third-order valence-electron chi connectivity index (χ3n) is 6.95. The molecule has 1 aliphatic carbocycles. The van der Waals surface area contributed by atoms with Crippen molar-refractivity contribution < 1.29 is 9.53 Å². The summed E-state index contributed by atoms with van der Waals surface area (Å²) < 4.78 is 7.89. The Balaban J connectivity index is 1.53. The van der Waals surface area contributed by atoms with Gasteiger partial charge in [-0.15, -0.1) is 0 Å². The number of methoxy groups -OCH3 is 1. The van der Waals surface area contributed by atoms with Gasteiger partial charge in [-0.2, -0.15) is 4.98 Å². The highest BCUT2D eigenvalue weighted by Crippen LogP contribution is 2.42. The molecule has 2 aromatic heterocycles. The maximum Gasteiger partial charge on any atom is 0.247 e. The molecule has 2 aromatic carbocycles. The molecule has 40 heavy (non-hydrogen) atoms. The quantitative estimate of drug-likeness (QED) is 0.260. The minimum Gasteiger partial charge on any atom is -0.494 e. The van der Waals surface area contributed by atoms with Crippen molar-refractivity contribution in [1.29, 1.82) is 0 Å². The highest BCUT2D eigenvalue weighted by atomic mass is 16.5. The van der Waals surface area contributed by atoms with Crippen LogP contribution < -0.4 is 20.3 Å². The van der Waals surface area contributed by atoms with Crippen LogP contribution in [0.4, 0.5) is 23.0 Å². The lowest BCUT2D eigenvalue weighted by molar-refractivity contribution is -0.111. The van der Waals surface area contributed by atoms with E-state index in [1.54, 1.807) is 13.3 Å². The summed E-state index contributed by atoms with van der Waals surface area (Å²) in [6.45, 7) is 7.28. The molecule has 1 amide bonds. The minimum atomic E-state index is -0.300. The topological polar surface area (TPSA) is 100 Å². The largest absolute Gasteiger partial charge is 0.494 e. The molecule has 4 aromatic rings. The van der Waals surface area contributed by atoms with Gasteiger partial charge >= 0.3 is 0 Å². The summed E-state index contributed by atoms with van der Waals surface area (Å²) in [4.78, 5) is 30.8. The number of ether oxygens (including phenoxy) is 1. The molecule has 0 bridgehead atoms. The molecule has 2 N–H and O–H groups in total. The summed E-state index contributed by atoms with van der Waals surface area (Å²) in [5.74, 6) is 2.91. The molecule has 0 spiro atoms. The Morgan fingerprint density at radius 3 is 2.62 bits per heavy atom. The average Bonchev–Trinajstić information content (AvgIpc) is 3.72. The first-order chi connectivity index (χ1) is 19.3. The van der Waals surface area contributed by atoms with Crippen molar-refractivity contribution in [2.45, 2.75) is 25.7 Å². The van der Waals surface area contributed by atoms with Gasteiger partial charge in [-0.05, 0) is 69.8 Å². The van der Waals surface area contributed by atoms with E-state index >= 15 is 0 Å². The fraction of sp³-hybridized carbons (Fsp3) is 0.333. The molecular formula is C30H36N8O2. The predicted molar refractivity (Wildman–Crippen MR) is 160 cm³/mol. The molecule has 2 heterocycles. The fourth-order valence-corrected chi connectivity index (χ4v) is 4.62. The monoisotopic (exact) mass is 540 g/mol. The van der Waals surface area contributed by atoms with Crippen molar-refractivity contribution in [2.75, 3.05) is 56.9 Å². The van der Waals surface area contributed by atoms with Gasteiger partial charge in [0, 0.05) is 38.3 Å². The van der Waals surface area contributed by atoms with Crippen molar-refractivity contribution in [2.24, 2.45) is 0 Å². The number of nitrogens with zero attached hydrogens (tertiary/aromatic N) is 6. The summed E-state index contributed by atoms with van der Waals surface area (Å²) in [6.07, 6.45) is 5.25. The lowest BCUT2D eigenvalue weighted by atomic mass is 10.2. The summed E-state index contributed by atoms with van der Waals surface area (Å²) in [5, 5.41) is 6.24.